The summed E-state index contributed by atoms with van der Waals surface area (Å²) in [6, 6.07) is 12.0. The lowest BCUT2D eigenvalue weighted by molar-refractivity contribution is 0.626. The van der Waals surface area contributed by atoms with Gasteiger partial charge in [0.25, 0.3) is 0 Å². The minimum atomic E-state index is -0.245. The first-order chi connectivity index (χ1) is 7.75. The van der Waals surface area contributed by atoms with Crippen molar-refractivity contribution in [2.45, 2.75) is 11.8 Å². The van der Waals surface area contributed by atoms with Crippen LogP contribution in [0.5, 0.6) is 0 Å². The van der Waals surface area contributed by atoms with Gasteiger partial charge in [0.15, 0.2) is 0 Å². The number of hydrogen-bond donors (Lipinski definition) is 0. The molecule has 1 aromatic carbocycles. The van der Waals surface area contributed by atoms with Crippen LogP contribution in [0.4, 0.5) is 4.39 Å². The Morgan fingerprint density at radius 1 is 1.12 bits per heavy atom. The summed E-state index contributed by atoms with van der Waals surface area (Å²) in [6.45, 7) is 0. The fourth-order valence-corrected chi connectivity index (χ4v) is 1.80. The molecule has 0 bridgehead atoms. The Morgan fingerprint density at radius 3 is 2.50 bits per heavy atom. The molecule has 0 radical (unpaired) electrons. The molecular weight excluding hydrogens is 225 g/mol. The van der Waals surface area contributed by atoms with E-state index in [4.69, 9.17) is 11.6 Å². The summed E-state index contributed by atoms with van der Waals surface area (Å²) < 4.78 is 12.7. The zero-order valence-corrected chi connectivity index (χ0v) is 9.36. The Morgan fingerprint density at radius 2 is 1.88 bits per heavy atom. The summed E-state index contributed by atoms with van der Waals surface area (Å²) in [7, 11) is 0. The predicted molar refractivity (Wildman–Crippen MR) is 62.9 cm³/mol. The zero-order chi connectivity index (χ0) is 11.4. The number of benzene rings is 1. The van der Waals surface area contributed by atoms with Gasteiger partial charge in [-0.2, -0.15) is 0 Å². The minimum Gasteiger partial charge on any atom is -0.261 e. The summed E-state index contributed by atoms with van der Waals surface area (Å²) in [5, 5.41) is -0.171. The van der Waals surface area contributed by atoms with Gasteiger partial charge in [0.05, 0.1) is 5.38 Å². The number of rotatable bonds is 3. The normalized spacial score (nSPS) is 12.4. The number of halogens is 2. The Hall–Kier alpha value is -1.41. The molecular formula is C13H11ClFN. The van der Waals surface area contributed by atoms with E-state index in [2.05, 4.69) is 4.98 Å². The van der Waals surface area contributed by atoms with Crippen molar-refractivity contribution in [1.82, 2.24) is 4.98 Å². The molecule has 0 aliphatic carbocycles. The predicted octanol–water partition coefficient (Wildman–Crippen LogP) is 3.74. The topological polar surface area (TPSA) is 12.9 Å². The van der Waals surface area contributed by atoms with Gasteiger partial charge >= 0.3 is 0 Å². The van der Waals surface area contributed by atoms with Crippen molar-refractivity contribution in [3.63, 3.8) is 0 Å². The van der Waals surface area contributed by atoms with Crippen molar-refractivity contribution in [3.05, 3.63) is 65.7 Å². The summed E-state index contributed by atoms with van der Waals surface area (Å²) in [5.41, 5.74) is 1.85. The fourth-order valence-electron chi connectivity index (χ4n) is 1.49. The van der Waals surface area contributed by atoms with E-state index in [0.717, 1.165) is 11.3 Å². The quantitative estimate of drug-likeness (QED) is 0.739. The van der Waals surface area contributed by atoms with Crippen molar-refractivity contribution in [1.29, 1.82) is 0 Å². The molecule has 1 aromatic heterocycles. The maximum absolute atomic E-state index is 12.7. The molecule has 1 unspecified atom stereocenters. The molecule has 0 spiro atoms. The highest BCUT2D eigenvalue weighted by Gasteiger charge is 2.09. The number of alkyl halides is 1. The highest BCUT2D eigenvalue weighted by Crippen LogP contribution is 2.24. The summed E-state index contributed by atoms with van der Waals surface area (Å²) in [6.07, 6.45) is 2.39. The molecule has 0 fully saturated rings. The van der Waals surface area contributed by atoms with Crippen LogP contribution in [0.3, 0.4) is 0 Å². The Balaban J connectivity index is 2.09. The van der Waals surface area contributed by atoms with Gasteiger partial charge in [0.1, 0.15) is 5.82 Å². The van der Waals surface area contributed by atoms with E-state index in [0.29, 0.717) is 6.42 Å². The lowest BCUT2D eigenvalue weighted by Crippen LogP contribution is -1.97. The highest BCUT2D eigenvalue weighted by molar-refractivity contribution is 6.20. The van der Waals surface area contributed by atoms with Gasteiger partial charge in [-0.3, -0.25) is 4.98 Å². The van der Waals surface area contributed by atoms with Crippen LogP contribution < -0.4 is 0 Å². The van der Waals surface area contributed by atoms with E-state index in [1.165, 1.54) is 12.1 Å². The van der Waals surface area contributed by atoms with E-state index < -0.39 is 0 Å². The highest BCUT2D eigenvalue weighted by atomic mass is 35.5. The third-order valence-corrected chi connectivity index (χ3v) is 2.75. The first-order valence-corrected chi connectivity index (χ1v) is 5.49. The van der Waals surface area contributed by atoms with Gasteiger partial charge in [-0.15, -0.1) is 11.6 Å². The van der Waals surface area contributed by atoms with Crippen LogP contribution in [0.1, 0.15) is 16.6 Å². The second-order valence-corrected chi connectivity index (χ2v) is 4.07. The molecule has 1 heterocycles. The Bertz CT molecular complexity index is 441. The molecule has 1 atom stereocenters. The van der Waals surface area contributed by atoms with Crippen LogP contribution in [-0.2, 0) is 6.42 Å². The minimum absolute atomic E-state index is 0.171. The van der Waals surface area contributed by atoms with Crippen LogP contribution in [-0.4, -0.2) is 4.98 Å². The third kappa shape index (κ3) is 2.80. The van der Waals surface area contributed by atoms with Gasteiger partial charge in [0.2, 0.25) is 0 Å². The standard InChI is InChI=1S/C13H11ClFN/c14-13(9-12-3-1-2-8-16-12)10-4-6-11(15)7-5-10/h1-8,13H,9H2. The Kier molecular flexibility index (Phi) is 3.52. The molecule has 2 rings (SSSR count). The van der Waals surface area contributed by atoms with Crippen molar-refractivity contribution in [2.75, 3.05) is 0 Å². The lowest BCUT2D eigenvalue weighted by Gasteiger charge is -2.08. The maximum Gasteiger partial charge on any atom is 0.123 e. The number of aromatic nitrogens is 1. The maximum atomic E-state index is 12.7. The molecule has 1 nitrogen and oxygen atoms in total. The first-order valence-electron chi connectivity index (χ1n) is 5.05. The summed E-state index contributed by atoms with van der Waals surface area (Å²) in [4.78, 5) is 4.20. The van der Waals surface area contributed by atoms with Crippen LogP contribution >= 0.6 is 11.6 Å². The van der Waals surface area contributed by atoms with Gasteiger partial charge in [-0.25, -0.2) is 4.39 Å². The smallest absolute Gasteiger partial charge is 0.123 e. The van der Waals surface area contributed by atoms with Crippen molar-refractivity contribution in [2.24, 2.45) is 0 Å². The monoisotopic (exact) mass is 235 g/mol. The molecule has 0 aliphatic heterocycles. The molecule has 3 heteroatoms. The van der Waals surface area contributed by atoms with E-state index >= 15 is 0 Å². The van der Waals surface area contributed by atoms with E-state index in [1.807, 2.05) is 18.2 Å². The average Bonchev–Trinajstić information content (AvgIpc) is 2.31. The molecule has 0 amide bonds. The largest absolute Gasteiger partial charge is 0.261 e. The third-order valence-electron chi connectivity index (χ3n) is 2.35. The van der Waals surface area contributed by atoms with Crippen LogP contribution in [0.2, 0.25) is 0 Å². The van der Waals surface area contributed by atoms with E-state index in [-0.39, 0.29) is 11.2 Å². The lowest BCUT2D eigenvalue weighted by atomic mass is 10.1. The molecule has 82 valence electrons. The SMILES string of the molecule is Fc1ccc(C(Cl)Cc2ccccn2)cc1. The van der Waals surface area contributed by atoms with Crippen LogP contribution in [0.25, 0.3) is 0 Å². The van der Waals surface area contributed by atoms with E-state index in [9.17, 15) is 4.39 Å². The number of hydrogen-bond acceptors (Lipinski definition) is 1. The number of pyridine rings is 1. The van der Waals surface area contributed by atoms with Gasteiger partial charge in [-0.1, -0.05) is 18.2 Å². The van der Waals surface area contributed by atoms with Crippen LogP contribution in [0.15, 0.2) is 48.7 Å². The molecule has 0 aliphatic rings. The fraction of sp³-hybridized carbons (Fsp3) is 0.154. The van der Waals surface area contributed by atoms with Gasteiger partial charge in [-0.05, 0) is 29.8 Å². The Labute approximate surface area is 98.9 Å². The van der Waals surface area contributed by atoms with Crippen molar-refractivity contribution in [3.8, 4) is 0 Å². The molecule has 0 saturated carbocycles. The molecule has 0 saturated heterocycles. The van der Waals surface area contributed by atoms with Gasteiger partial charge in [0, 0.05) is 18.3 Å². The van der Waals surface area contributed by atoms with Crippen molar-refractivity contribution < 1.29 is 4.39 Å². The first kappa shape index (κ1) is 11.1. The zero-order valence-electron chi connectivity index (χ0n) is 8.61. The summed E-state index contributed by atoms with van der Waals surface area (Å²) >= 11 is 6.23. The molecule has 16 heavy (non-hydrogen) atoms. The second kappa shape index (κ2) is 5.08. The second-order valence-electron chi connectivity index (χ2n) is 3.54. The average molecular weight is 236 g/mol. The van der Waals surface area contributed by atoms with Crippen LogP contribution in [0, 0.1) is 5.82 Å². The molecule has 2 aromatic rings. The van der Waals surface area contributed by atoms with E-state index in [1.54, 1.807) is 18.3 Å². The van der Waals surface area contributed by atoms with Gasteiger partial charge < -0.3 is 0 Å². The summed E-state index contributed by atoms with van der Waals surface area (Å²) in [5.74, 6) is -0.245. The number of nitrogens with zero attached hydrogens (tertiary/aromatic N) is 1. The molecule has 0 N–H and O–H groups in total. The van der Waals surface area contributed by atoms with Crippen molar-refractivity contribution >= 4 is 11.6 Å².